The maximum atomic E-state index is 11.9. The first-order chi connectivity index (χ1) is 11.8. The predicted octanol–water partition coefficient (Wildman–Crippen LogP) is 0.431. The molecule has 0 radical (unpaired) electrons. The number of carbonyl (C=O) groups excluding carboxylic acids is 1. The average Bonchev–Trinajstić information content (AvgIpc) is 3.10. The molecular formula is C17H25N7O. The zero-order valence-corrected chi connectivity index (χ0v) is 15.2. The van der Waals surface area contributed by atoms with Crippen LogP contribution in [0.3, 0.4) is 0 Å². The molecule has 2 aromatic rings. The van der Waals surface area contributed by atoms with Crippen LogP contribution >= 0.6 is 0 Å². The van der Waals surface area contributed by atoms with Gasteiger partial charge >= 0.3 is 0 Å². The standard InChI is InChI=1S/C17H25N7O/c1-17(2,3)16-20-19-13-5-6-14(21-24(13)16)23-9-11(10-23)22(4)12-7-8-18-15(12)25/h5-6,11-12H,7-10H2,1-4H3,(H,18,25). The molecule has 8 nitrogen and oxygen atoms in total. The second-order valence-electron chi connectivity index (χ2n) is 8.05. The Morgan fingerprint density at radius 3 is 2.64 bits per heavy atom. The summed E-state index contributed by atoms with van der Waals surface area (Å²) in [5.74, 6) is 1.94. The van der Waals surface area contributed by atoms with E-state index < -0.39 is 0 Å². The SMILES string of the molecule is CN(C1CN(c2ccc3nnc(C(C)(C)C)n3n2)C1)C1CCNC1=O. The molecule has 0 aromatic carbocycles. The molecule has 2 saturated heterocycles. The van der Waals surface area contributed by atoms with Crippen molar-refractivity contribution in [3.63, 3.8) is 0 Å². The normalized spacial score (nSPS) is 21.9. The first-order valence-corrected chi connectivity index (χ1v) is 8.82. The first-order valence-electron chi connectivity index (χ1n) is 8.82. The molecular weight excluding hydrogens is 318 g/mol. The monoisotopic (exact) mass is 343 g/mol. The maximum Gasteiger partial charge on any atom is 0.237 e. The van der Waals surface area contributed by atoms with Crippen LogP contribution in [0, 0.1) is 0 Å². The van der Waals surface area contributed by atoms with E-state index in [0.29, 0.717) is 6.04 Å². The summed E-state index contributed by atoms with van der Waals surface area (Å²) >= 11 is 0. The van der Waals surface area contributed by atoms with Crippen molar-refractivity contribution in [3.8, 4) is 0 Å². The number of likely N-dealkylation sites (N-methyl/N-ethyl adjacent to an activating group) is 1. The van der Waals surface area contributed by atoms with E-state index >= 15 is 0 Å². The molecule has 0 spiro atoms. The van der Waals surface area contributed by atoms with Crippen molar-refractivity contribution in [3.05, 3.63) is 18.0 Å². The van der Waals surface area contributed by atoms with Gasteiger partial charge < -0.3 is 10.2 Å². The highest BCUT2D eigenvalue weighted by Gasteiger charge is 2.38. The van der Waals surface area contributed by atoms with Gasteiger partial charge in [0.1, 0.15) is 5.82 Å². The van der Waals surface area contributed by atoms with E-state index in [0.717, 1.165) is 43.3 Å². The third kappa shape index (κ3) is 2.74. The molecule has 4 heterocycles. The summed E-state index contributed by atoms with van der Waals surface area (Å²) in [6.07, 6.45) is 0.895. The summed E-state index contributed by atoms with van der Waals surface area (Å²) in [6.45, 7) is 8.88. The van der Waals surface area contributed by atoms with Crippen molar-refractivity contribution in [2.75, 3.05) is 31.6 Å². The molecule has 1 atom stereocenters. The van der Waals surface area contributed by atoms with Crippen LogP contribution in [-0.2, 0) is 10.2 Å². The van der Waals surface area contributed by atoms with E-state index in [-0.39, 0.29) is 17.4 Å². The highest BCUT2D eigenvalue weighted by molar-refractivity contribution is 5.83. The van der Waals surface area contributed by atoms with Gasteiger partial charge in [0.2, 0.25) is 5.91 Å². The Morgan fingerprint density at radius 2 is 2.00 bits per heavy atom. The van der Waals surface area contributed by atoms with Crippen molar-refractivity contribution in [1.29, 1.82) is 0 Å². The van der Waals surface area contributed by atoms with Gasteiger partial charge in [-0.1, -0.05) is 20.8 Å². The van der Waals surface area contributed by atoms with Crippen molar-refractivity contribution in [1.82, 2.24) is 30.0 Å². The molecule has 1 N–H and O–H groups in total. The average molecular weight is 343 g/mol. The molecule has 2 fully saturated rings. The molecule has 1 amide bonds. The zero-order valence-electron chi connectivity index (χ0n) is 15.2. The Hall–Kier alpha value is -2.22. The summed E-state index contributed by atoms with van der Waals surface area (Å²) in [7, 11) is 2.05. The Balaban J connectivity index is 1.49. The molecule has 2 aliphatic rings. The molecule has 25 heavy (non-hydrogen) atoms. The highest BCUT2D eigenvalue weighted by Crippen LogP contribution is 2.26. The van der Waals surface area contributed by atoms with Gasteiger partial charge in [-0.05, 0) is 25.6 Å². The lowest BCUT2D eigenvalue weighted by Crippen LogP contribution is -2.61. The molecule has 2 aliphatic heterocycles. The van der Waals surface area contributed by atoms with Gasteiger partial charge in [-0.3, -0.25) is 9.69 Å². The zero-order chi connectivity index (χ0) is 17.8. The fourth-order valence-electron chi connectivity index (χ4n) is 3.54. The summed E-state index contributed by atoms with van der Waals surface area (Å²) in [4.78, 5) is 16.3. The lowest BCUT2D eigenvalue weighted by Gasteiger charge is -2.46. The van der Waals surface area contributed by atoms with Crippen LogP contribution in [-0.4, -0.2) is 69.4 Å². The number of carbonyl (C=O) groups is 1. The van der Waals surface area contributed by atoms with Crippen molar-refractivity contribution in [2.45, 2.75) is 44.7 Å². The fourth-order valence-corrected chi connectivity index (χ4v) is 3.54. The van der Waals surface area contributed by atoms with Gasteiger partial charge in [0, 0.05) is 31.1 Å². The molecule has 2 aromatic heterocycles. The Bertz CT molecular complexity index is 803. The van der Waals surface area contributed by atoms with E-state index in [1.54, 1.807) is 0 Å². The quantitative estimate of drug-likeness (QED) is 0.871. The van der Waals surface area contributed by atoms with Gasteiger partial charge in [0.25, 0.3) is 0 Å². The number of amides is 1. The van der Waals surface area contributed by atoms with Crippen LogP contribution in [0.1, 0.15) is 33.0 Å². The molecule has 0 bridgehead atoms. The lowest BCUT2D eigenvalue weighted by molar-refractivity contribution is -0.124. The van der Waals surface area contributed by atoms with Gasteiger partial charge in [-0.2, -0.15) is 4.52 Å². The minimum atomic E-state index is -0.113. The number of nitrogens with one attached hydrogen (secondary N) is 1. The second kappa shape index (κ2) is 5.66. The van der Waals surface area contributed by atoms with Crippen LogP contribution < -0.4 is 10.2 Å². The minimum absolute atomic E-state index is 0.00734. The second-order valence-corrected chi connectivity index (χ2v) is 8.05. The summed E-state index contributed by atoms with van der Waals surface area (Å²) < 4.78 is 1.84. The largest absolute Gasteiger partial charge is 0.355 e. The molecule has 8 heteroatoms. The number of rotatable bonds is 3. The molecule has 0 aliphatic carbocycles. The Morgan fingerprint density at radius 1 is 1.24 bits per heavy atom. The van der Waals surface area contributed by atoms with Gasteiger partial charge in [-0.25, -0.2) is 0 Å². The van der Waals surface area contributed by atoms with Crippen molar-refractivity contribution >= 4 is 17.4 Å². The molecule has 4 rings (SSSR count). The number of hydrogen-bond donors (Lipinski definition) is 1. The molecule has 134 valence electrons. The van der Waals surface area contributed by atoms with Gasteiger partial charge in [-0.15, -0.1) is 15.3 Å². The van der Waals surface area contributed by atoms with Crippen LogP contribution in [0.5, 0.6) is 0 Å². The lowest BCUT2D eigenvalue weighted by atomic mass is 9.96. The van der Waals surface area contributed by atoms with E-state index in [1.807, 2.05) is 23.7 Å². The third-order valence-electron chi connectivity index (χ3n) is 5.19. The number of hydrogen-bond acceptors (Lipinski definition) is 6. The summed E-state index contributed by atoms with van der Waals surface area (Å²) in [6, 6.07) is 4.35. The van der Waals surface area contributed by atoms with E-state index in [1.165, 1.54) is 0 Å². The van der Waals surface area contributed by atoms with Gasteiger partial charge in [0.05, 0.1) is 6.04 Å². The van der Waals surface area contributed by atoms with Crippen molar-refractivity contribution < 1.29 is 4.79 Å². The van der Waals surface area contributed by atoms with Crippen molar-refractivity contribution in [2.24, 2.45) is 0 Å². The highest BCUT2D eigenvalue weighted by atomic mass is 16.2. The number of fused-ring (bicyclic) bond motifs is 1. The smallest absolute Gasteiger partial charge is 0.237 e. The number of anilines is 1. The summed E-state index contributed by atoms with van der Waals surface area (Å²) in [5, 5.41) is 16.2. The van der Waals surface area contributed by atoms with Crippen LogP contribution in [0.25, 0.3) is 5.65 Å². The number of nitrogens with zero attached hydrogens (tertiary/aromatic N) is 6. The Labute approximate surface area is 147 Å². The minimum Gasteiger partial charge on any atom is -0.355 e. The maximum absolute atomic E-state index is 11.9. The van der Waals surface area contributed by atoms with Crippen LogP contribution in [0.2, 0.25) is 0 Å². The predicted molar refractivity (Wildman–Crippen MR) is 94.7 cm³/mol. The third-order valence-corrected chi connectivity index (χ3v) is 5.19. The topological polar surface area (TPSA) is 78.7 Å². The molecule has 0 saturated carbocycles. The fraction of sp³-hybridized carbons (Fsp3) is 0.647. The Kier molecular flexibility index (Phi) is 3.68. The first kappa shape index (κ1) is 16.3. The van der Waals surface area contributed by atoms with E-state index in [9.17, 15) is 4.79 Å². The molecule has 1 unspecified atom stereocenters. The van der Waals surface area contributed by atoms with E-state index in [4.69, 9.17) is 5.10 Å². The summed E-state index contributed by atoms with van der Waals surface area (Å²) in [5.41, 5.74) is 0.656. The van der Waals surface area contributed by atoms with Crippen LogP contribution in [0.15, 0.2) is 12.1 Å². The van der Waals surface area contributed by atoms with Gasteiger partial charge in [0.15, 0.2) is 11.5 Å². The van der Waals surface area contributed by atoms with E-state index in [2.05, 4.69) is 46.1 Å². The number of aromatic nitrogens is 4. The van der Waals surface area contributed by atoms with Crippen LogP contribution in [0.4, 0.5) is 5.82 Å².